The summed E-state index contributed by atoms with van der Waals surface area (Å²) in [5, 5.41) is 3.28. The molecule has 0 spiro atoms. The maximum Gasteiger partial charge on any atom is 0.365 e. The minimum Gasteiger partial charge on any atom is -0.493 e. The van der Waals surface area contributed by atoms with Crippen molar-refractivity contribution < 1.29 is 14.0 Å². The van der Waals surface area contributed by atoms with Gasteiger partial charge in [0.2, 0.25) is 0 Å². The van der Waals surface area contributed by atoms with Gasteiger partial charge in [0.15, 0.2) is 11.5 Å². The highest BCUT2D eigenvalue weighted by atomic mass is 16.5. The Morgan fingerprint density at radius 2 is 1.96 bits per heavy atom. The molecule has 3 rings (SSSR count). The zero-order valence-electron chi connectivity index (χ0n) is 14.0. The van der Waals surface area contributed by atoms with Gasteiger partial charge in [0.1, 0.15) is 0 Å². The lowest BCUT2D eigenvalue weighted by Crippen LogP contribution is -2.31. The van der Waals surface area contributed by atoms with Crippen molar-refractivity contribution in [1.82, 2.24) is 5.16 Å². The lowest BCUT2D eigenvalue weighted by molar-refractivity contribution is 0.297. The van der Waals surface area contributed by atoms with Crippen molar-refractivity contribution in [1.29, 1.82) is 0 Å². The molecule has 25 heavy (non-hydrogen) atoms. The highest BCUT2D eigenvalue weighted by molar-refractivity contribution is 5.55. The smallest absolute Gasteiger partial charge is 0.365 e. The molecule has 1 heterocycles. The average Bonchev–Trinajstić information content (AvgIpc) is 2.95. The van der Waals surface area contributed by atoms with Crippen molar-refractivity contribution in [2.24, 2.45) is 0 Å². The fourth-order valence-electron chi connectivity index (χ4n) is 2.47. The molecule has 0 bridgehead atoms. The molecule has 0 aliphatic heterocycles. The maximum atomic E-state index is 11.6. The van der Waals surface area contributed by atoms with Crippen LogP contribution in [0.3, 0.4) is 0 Å². The fourth-order valence-corrected chi connectivity index (χ4v) is 2.47. The van der Waals surface area contributed by atoms with Crippen LogP contribution in [0.15, 0.2) is 57.8 Å². The molecule has 1 N–H and O–H groups in total. The molecule has 0 fully saturated rings. The minimum absolute atomic E-state index is 0.389. The third-order valence-corrected chi connectivity index (χ3v) is 3.80. The molecule has 3 aromatic rings. The molecule has 5 heteroatoms. The molecule has 0 saturated heterocycles. The van der Waals surface area contributed by atoms with Crippen LogP contribution in [-0.4, -0.2) is 18.9 Å². The summed E-state index contributed by atoms with van der Waals surface area (Å²) in [7, 11) is 1.58. The van der Waals surface area contributed by atoms with Crippen molar-refractivity contribution in [3.63, 3.8) is 0 Å². The number of hydrogen-bond acceptors (Lipinski definition) is 4. The van der Waals surface area contributed by atoms with Crippen LogP contribution in [0, 0.1) is 0 Å². The van der Waals surface area contributed by atoms with Crippen molar-refractivity contribution >= 4 is 12.7 Å². The van der Waals surface area contributed by atoms with Gasteiger partial charge in [-0.05, 0) is 29.3 Å². The van der Waals surface area contributed by atoms with E-state index in [-0.39, 0.29) is 0 Å². The summed E-state index contributed by atoms with van der Waals surface area (Å²) in [4.78, 5) is 11.6. The van der Waals surface area contributed by atoms with E-state index in [1.54, 1.807) is 13.2 Å². The summed E-state index contributed by atoms with van der Waals surface area (Å²) in [5.74, 6) is 1.26. The summed E-state index contributed by atoms with van der Waals surface area (Å²) in [6, 6.07) is 15.6. The van der Waals surface area contributed by atoms with Crippen molar-refractivity contribution in [2.75, 3.05) is 13.7 Å². The van der Waals surface area contributed by atoms with Crippen molar-refractivity contribution in [3.05, 3.63) is 80.6 Å². The molecule has 1 aromatic heterocycles. The van der Waals surface area contributed by atoms with Crippen LogP contribution in [0.5, 0.6) is 11.5 Å². The van der Waals surface area contributed by atoms with Gasteiger partial charge in [-0.15, -0.1) is 0 Å². The van der Waals surface area contributed by atoms with Gasteiger partial charge in [-0.2, -0.15) is 0 Å². The summed E-state index contributed by atoms with van der Waals surface area (Å²) in [6.45, 7) is 4.28. The van der Waals surface area contributed by atoms with E-state index in [0.29, 0.717) is 28.7 Å². The Morgan fingerprint density at radius 1 is 1.16 bits per heavy atom. The predicted octanol–water partition coefficient (Wildman–Crippen LogP) is 1.84. The highest BCUT2D eigenvalue weighted by Gasteiger charge is 2.06. The molecule has 0 radical (unpaired) electrons. The molecule has 2 aromatic carbocycles. The van der Waals surface area contributed by atoms with Crippen LogP contribution in [0.4, 0.5) is 0 Å². The largest absolute Gasteiger partial charge is 0.493 e. The molecule has 5 nitrogen and oxygen atoms in total. The highest BCUT2D eigenvalue weighted by Crippen LogP contribution is 2.28. The van der Waals surface area contributed by atoms with Crippen LogP contribution in [-0.2, 0) is 6.42 Å². The maximum absolute atomic E-state index is 11.6. The second-order valence-electron chi connectivity index (χ2n) is 5.52. The van der Waals surface area contributed by atoms with Crippen LogP contribution >= 0.6 is 0 Å². The third-order valence-electron chi connectivity index (χ3n) is 3.80. The van der Waals surface area contributed by atoms with E-state index >= 15 is 0 Å². The molecule has 0 unspecified atom stereocenters. The number of H-pyrrole nitrogens is 1. The van der Waals surface area contributed by atoms with Gasteiger partial charge in [-0.3, -0.25) is 0 Å². The van der Waals surface area contributed by atoms with E-state index in [1.165, 1.54) is 5.56 Å². The molecule has 0 amide bonds. The SMILES string of the molecule is C=c1[nH]oc(=O)c1=Cc1ccc(OCCc2ccccc2)c(OC)c1. The zero-order valence-corrected chi connectivity index (χ0v) is 14.0. The normalized spacial score (nSPS) is 11.5. The van der Waals surface area contributed by atoms with Gasteiger partial charge < -0.3 is 14.0 Å². The topological polar surface area (TPSA) is 64.5 Å². The van der Waals surface area contributed by atoms with Crippen LogP contribution in [0.1, 0.15) is 11.1 Å². The average molecular weight is 337 g/mol. The van der Waals surface area contributed by atoms with Crippen LogP contribution in [0.25, 0.3) is 12.7 Å². The molecule has 0 aliphatic rings. The number of methoxy groups -OCH3 is 1. The molecular formula is C20H19NO4. The first-order valence-corrected chi connectivity index (χ1v) is 7.90. The summed E-state index contributed by atoms with van der Waals surface area (Å²) < 4.78 is 15.9. The van der Waals surface area contributed by atoms with E-state index in [9.17, 15) is 4.79 Å². The monoisotopic (exact) mass is 337 g/mol. The summed E-state index contributed by atoms with van der Waals surface area (Å²) >= 11 is 0. The second kappa shape index (κ2) is 7.57. The van der Waals surface area contributed by atoms with Gasteiger partial charge in [0, 0.05) is 6.42 Å². The van der Waals surface area contributed by atoms with E-state index in [1.807, 2.05) is 36.4 Å². The van der Waals surface area contributed by atoms with Gasteiger partial charge >= 0.3 is 5.63 Å². The Kier molecular flexibility index (Phi) is 5.04. The first-order chi connectivity index (χ1) is 12.2. The third kappa shape index (κ3) is 4.01. The van der Waals surface area contributed by atoms with E-state index in [2.05, 4.69) is 23.9 Å². The van der Waals surface area contributed by atoms with Crippen LogP contribution in [0.2, 0.25) is 0 Å². The first-order valence-electron chi connectivity index (χ1n) is 7.90. The molecule has 0 saturated carbocycles. The Morgan fingerprint density at radius 3 is 2.64 bits per heavy atom. The number of aromatic amines is 1. The Bertz CT molecular complexity index is 972. The van der Waals surface area contributed by atoms with Crippen molar-refractivity contribution in [3.8, 4) is 11.5 Å². The van der Waals surface area contributed by atoms with Gasteiger partial charge in [0.25, 0.3) is 0 Å². The quantitative estimate of drug-likeness (QED) is 0.745. The standard InChI is InChI=1S/C20H19NO4/c1-14-17(20(22)25-21-14)12-16-8-9-18(19(13-16)23-2)24-11-10-15-6-4-3-5-7-15/h3-9,12-13,21H,1,10-11H2,2H3. The fraction of sp³-hybridized carbons (Fsp3) is 0.150. The molecule has 0 atom stereocenters. The van der Waals surface area contributed by atoms with E-state index in [4.69, 9.17) is 14.0 Å². The van der Waals surface area contributed by atoms with Gasteiger partial charge in [-0.25, -0.2) is 9.95 Å². The number of ether oxygens (including phenoxy) is 2. The number of aromatic nitrogens is 1. The number of hydrogen-bond donors (Lipinski definition) is 1. The van der Waals surface area contributed by atoms with E-state index in [0.717, 1.165) is 12.0 Å². The summed E-state index contributed by atoms with van der Waals surface area (Å²) in [5.41, 5.74) is 1.56. The molecular weight excluding hydrogens is 318 g/mol. The summed E-state index contributed by atoms with van der Waals surface area (Å²) in [6.07, 6.45) is 2.51. The first kappa shape index (κ1) is 16.6. The number of rotatable bonds is 6. The Balaban J connectivity index is 1.77. The van der Waals surface area contributed by atoms with Crippen molar-refractivity contribution in [2.45, 2.75) is 6.42 Å². The number of nitrogens with one attached hydrogen (secondary N) is 1. The second-order valence-corrected chi connectivity index (χ2v) is 5.52. The van der Waals surface area contributed by atoms with Crippen LogP contribution < -0.4 is 25.7 Å². The molecule has 0 aliphatic carbocycles. The number of benzene rings is 2. The lowest BCUT2D eigenvalue weighted by atomic mass is 10.1. The zero-order chi connectivity index (χ0) is 17.6. The Labute approximate surface area is 144 Å². The van der Waals surface area contributed by atoms with E-state index < -0.39 is 5.63 Å². The van der Waals surface area contributed by atoms with Gasteiger partial charge in [-0.1, -0.05) is 43.0 Å². The minimum atomic E-state index is -0.452. The Hall–Kier alpha value is -3.21. The molecule has 128 valence electrons. The lowest BCUT2D eigenvalue weighted by Gasteiger charge is -2.11. The van der Waals surface area contributed by atoms with Gasteiger partial charge in [0.05, 0.1) is 24.3 Å². The predicted molar refractivity (Wildman–Crippen MR) is 96.3 cm³/mol.